The molecule has 2 heterocycles. The number of fused-ring (bicyclic) bond motifs is 1. The summed E-state index contributed by atoms with van der Waals surface area (Å²) in [4.78, 5) is 31.1. The Morgan fingerprint density at radius 1 is 1.39 bits per heavy atom. The molecule has 4 atom stereocenters. The highest BCUT2D eigenvalue weighted by Crippen LogP contribution is 2.48. The Hall–Kier alpha value is -2.15. The van der Waals surface area contributed by atoms with Crippen LogP contribution in [0, 0.1) is 5.41 Å². The zero-order chi connectivity index (χ0) is 20.3. The average molecular weight is 389 g/mol. The molecule has 0 radical (unpaired) electrons. The van der Waals surface area contributed by atoms with Crippen molar-refractivity contribution in [1.29, 1.82) is 0 Å². The quantitative estimate of drug-likeness (QED) is 0.805. The average Bonchev–Trinajstić information content (AvgIpc) is 2.89. The fraction of sp³-hybridized carbons (Fsp3) is 0.667. The summed E-state index contributed by atoms with van der Waals surface area (Å²) in [6, 6.07) is 3.27. The van der Waals surface area contributed by atoms with Gasteiger partial charge in [-0.3, -0.25) is 9.59 Å². The smallest absolute Gasteiger partial charge is 0.256 e. The Morgan fingerprint density at radius 2 is 2.14 bits per heavy atom. The van der Waals surface area contributed by atoms with Gasteiger partial charge in [-0.2, -0.15) is 0 Å². The number of aromatic nitrogens is 1. The molecule has 1 aliphatic carbocycles. The van der Waals surface area contributed by atoms with Crippen LogP contribution in [0.15, 0.2) is 18.3 Å². The summed E-state index contributed by atoms with van der Waals surface area (Å²) in [5, 5.41) is 13.7. The zero-order valence-electron chi connectivity index (χ0n) is 17.0. The maximum Gasteiger partial charge on any atom is 0.256 e. The minimum absolute atomic E-state index is 0.00143. The van der Waals surface area contributed by atoms with E-state index in [1.54, 1.807) is 25.3 Å². The third-order valence-electron chi connectivity index (χ3n) is 6.29. The van der Waals surface area contributed by atoms with Crippen molar-refractivity contribution in [3.63, 3.8) is 0 Å². The van der Waals surface area contributed by atoms with E-state index >= 15 is 0 Å². The van der Waals surface area contributed by atoms with Gasteiger partial charge in [0.15, 0.2) is 0 Å². The number of rotatable bonds is 5. The van der Waals surface area contributed by atoms with Gasteiger partial charge in [-0.05, 0) is 38.3 Å². The van der Waals surface area contributed by atoms with E-state index < -0.39 is 6.10 Å². The molecule has 1 aliphatic heterocycles. The summed E-state index contributed by atoms with van der Waals surface area (Å²) in [5.74, 6) is 0.0428. The van der Waals surface area contributed by atoms with Gasteiger partial charge in [-0.1, -0.05) is 19.8 Å². The lowest BCUT2D eigenvalue weighted by atomic mass is 9.75. The van der Waals surface area contributed by atoms with E-state index in [0.717, 1.165) is 25.7 Å². The van der Waals surface area contributed by atoms with Gasteiger partial charge in [0.25, 0.3) is 5.91 Å². The number of ether oxygens (including phenoxy) is 1. The maximum atomic E-state index is 12.7. The second-order valence-electron chi connectivity index (χ2n) is 8.11. The first kappa shape index (κ1) is 20.6. The molecule has 2 fully saturated rings. The standard InChI is InChI=1S/C21H31N3O4/c1-4-28-20-16(8-7-11-22-20)19(27)23-13-15-12-21(3)17(24(15)14(2)25)9-5-6-10-18(21)26/h7-8,11,15,17-18,26H,4-6,9-10,12-13H2,1-3H3,(H,23,27)/t15-,17-,18+,21-/m1/s1. The van der Waals surface area contributed by atoms with Crippen LogP contribution in [0.2, 0.25) is 0 Å². The van der Waals surface area contributed by atoms with Crippen LogP contribution in [-0.4, -0.2) is 58.1 Å². The Labute approximate surface area is 166 Å². The normalized spacial score (nSPS) is 29.7. The minimum Gasteiger partial charge on any atom is -0.477 e. The molecule has 2 aliphatic rings. The van der Waals surface area contributed by atoms with Crippen LogP contribution in [0.5, 0.6) is 5.88 Å². The molecule has 1 saturated heterocycles. The van der Waals surface area contributed by atoms with Gasteiger partial charge in [0.2, 0.25) is 11.8 Å². The Kier molecular flexibility index (Phi) is 6.23. The molecule has 154 valence electrons. The first-order valence-corrected chi connectivity index (χ1v) is 10.2. The fourth-order valence-electron chi connectivity index (χ4n) is 4.91. The molecule has 0 bridgehead atoms. The van der Waals surface area contributed by atoms with Crippen molar-refractivity contribution < 1.29 is 19.4 Å². The largest absolute Gasteiger partial charge is 0.477 e. The minimum atomic E-state index is -0.426. The highest BCUT2D eigenvalue weighted by atomic mass is 16.5. The second-order valence-corrected chi connectivity index (χ2v) is 8.11. The Balaban J connectivity index is 1.75. The summed E-state index contributed by atoms with van der Waals surface area (Å²) in [6.45, 7) is 6.27. The van der Waals surface area contributed by atoms with E-state index in [9.17, 15) is 14.7 Å². The molecule has 3 rings (SSSR count). The molecular formula is C21H31N3O4. The van der Waals surface area contributed by atoms with Crippen molar-refractivity contribution in [1.82, 2.24) is 15.2 Å². The number of nitrogens with one attached hydrogen (secondary N) is 1. The first-order valence-electron chi connectivity index (χ1n) is 10.2. The second kappa shape index (κ2) is 8.47. The maximum absolute atomic E-state index is 12.7. The molecule has 7 nitrogen and oxygen atoms in total. The van der Waals surface area contributed by atoms with E-state index in [4.69, 9.17) is 4.74 Å². The van der Waals surface area contributed by atoms with Crippen molar-refractivity contribution in [2.45, 2.75) is 71.1 Å². The number of hydrogen-bond acceptors (Lipinski definition) is 5. The molecule has 28 heavy (non-hydrogen) atoms. The number of nitrogens with zero attached hydrogens (tertiary/aromatic N) is 2. The van der Waals surface area contributed by atoms with E-state index in [1.807, 2.05) is 11.8 Å². The molecule has 2 N–H and O–H groups in total. The Morgan fingerprint density at radius 3 is 2.86 bits per heavy atom. The third kappa shape index (κ3) is 3.85. The van der Waals surface area contributed by atoms with Crippen LogP contribution < -0.4 is 10.1 Å². The summed E-state index contributed by atoms with van der Waals surface area (Å²) < 4.78 is 5.44. The first-order chi connectivity index (χ1) is 13.4. The predicted molar refractivity (Wildman–Crippen MR) is 105 cm³/mol. The highest BCUT2D eigenvalue weighted by Gasteiger charge is 2.54. The van der Waals surface area contributed by atoms with Crippen LogP contribution >= 0.6 is 0 Å². The number of aliphatic hydroxyl groups excluding tert-OH is 1. The van der Waals surface area contributed by atoms with Crippen molar-refractivity contribution >= 4 is 11.8 Å². The van der Waals surface area contributed by atoms with Gasteiger partial charge in [-0.25, -0.2) is 4.98 Å². The van der Waals surface area contributed by atoms with E-state index in [1.165, 1.54) is 0 Å². The van der Waals surface area contributed by atoms with Crippen molar-refractivity contribution in [2.24, 2.45) is 5.41 Å². The van der Waals surface area contributed by atoms with Crippen LogP contribution in [-0.2, 0) is 4.79 Å². The van der Waals surface area contributed by atoms with Gasteiger partial charge in [0.1, 0.15) is 5.56 Å². The van der Waals surface area contributed by atoms with E-state index in [0.29, 0.717) is 31.0 Å². The SMILES string of the molecule is CCOc1ncccc1C(=O)NC[C@H]1C[C@@]2(C)[C@@H](O)CCCC[C@H]2N1C(C)=O. The molecular weight excluding hydrogens is 358 g/mol. The lowest BCUT2D eigenvalue weighted by Gasteiger charge is -2.37. The number of pyridine rings is 1. The third-order valence-corrected chi connectivity index (χ3v) is 6.29. The number of likely N-dealkylation sites (tertiary alicyclic amines) is 1. The summed E-state index contributed by atoms with van der Waals surface area (Å²) >= 11 is 0. The van der Waals surface area contributed by atoms with Gasteiger partial charge in [0, 0.05) is 31.1 Å². The van der Waals surface area contributed by atoms with Gasteiger partial charge >= 0.3 is 0 Å². The van der Waals surface area contributed by atoms with Crippen molar-refractivity contribution in [3.8, 4) is 5.88 Å². The summed E-state index contributed by atoms with van der Waals surface area (Å²) in [7, 11) is 0. The number of carbonyl (C=O) groups is 2. The van der Waals surface area contributed by atoms with Crippen molar-refractivity contribution in [3.05, 3.63) is 23.9 Å². The Bertz CT molecular complexity index is 725. The number of aliphatic hydroxyl groups is 1. The number of hydrogen-bond donors (Lipinski definition) is 2. The molecule has 7 heteroatoms. The van der Waals surface area contributed by atoms with Gasteiger partial charge in [-0.15, -0.1) is 0 Å². The lowest BCUT2D eigenvalue weighted by Crippen LogP contribution is -2.48. The van der Waals surface area contributed by atoms with Crippen LogP contribution in [0.4, 0.5) is 0 Å². The topological polar surface area (TPSA) is 91.8 Å². The highest BCUT2D eigenvalue weighted by molar-refractivity contribution is 5.96. The molecule has 1 aromatic rings. The van der Waals surface area contributed by atoms with Crippen LogP contribution in [0.3, 0.4) is 0 Å². The lowest BCUT2D eigenvalue weighted by molar-refractivity contribution is -0.133. The number of amides is 2. The molecule has 1 saturated carbocycles. The number of carbonyl (C=O) groups excluding carboxylic acids is 2. The van der Waals surface area contributed by atoms with Crippen LogP contribution in [0.1, 0.15) is 63.2 Å². The fourth-order valence-corrected chi connectivity index (χ4v) is 4.91. The predicted octanol–water partition coefficient (Wildman–Crippen LogP) is 2.14. The molecule has 0 spiro atoms. The monoisotopic (exact) mass is 389 g/mol. The molecule has 1 aromatic heterocycles. The van der Waals surface area contributed by atoms with Gasteiger partial charge < -0.3 is 20.1 Å². The summed E-state index contributed by atoms with van der Waals surface area (Å²) in [6.07, 6.45) is 5.51. The van der Waals surface area contributed by atoms with E-state index in [2.05, 4.69) is 17.2 Å². The molecule has 0 unspecified atom stereocenters. The molecule has 2 amide bonds. The molecule has 0 aromatic carbocycles. The zero-order valence-corrected chi connectivity index (χ0v) is 17.0. The van der Waals surface area contributed by atoms with Gasteiger partial charge in [0.05, 0.1) is 18.8 Å². The summed E-state index contributed by atoms with van der Waals surface area (Å²) in [5.41, 5.74) is 0.0553. The van der Waals surface area contributed by atoms with E-state index in [-0.39, 0.29) is 29.3 Å². The van der Waals surface area contributed by atoms with Crippen LogP contribution in [0.25, 0.3) is 0 Å². The van der Waals surface area contributed by atoms with Crippen molar-refractivity contribution in [2.75, 3.05) is 13.2 Å².